The van der Waals surface area contributed by atoms with E-state index in [2.05, 4.69) is 5.32 Å². The molecular weight excluding hydrogens is 358 g/mol. The molecule has 2 rings (SSSR count). The van der Waals surface area contributed by atoms with Crippen molar-refractivity contribution >= 4 is 5.91 Å². The molecule has 1 saturated carbocycles. The van der Waals surface area contributed by atoms with Crippen LogP contribution in [-0.2, 0) is 14.3 Å². The number of aliphatic hydroxyl groups is 8. The molecule has 0 aromatic carbocycles. The van der Waals surface area contributed by atoms with Crippen LogP contribution in [-0.4, -0.2) is 121 Å². The molecule has 0 aromatic heterocycles. The third kappa shape index (κ3) is 3.99. The van der Waals surface area contributed by atoms with Crippen LogP contribution < -0.4 is 5.32 Å². The molecule has 1 amide bonds. The molecule has 1 aliphatic carbocycles. The van der Waals surface area contributed by atoms with E-state index in [1.807, 2.05) is 0 Å². The monoisotopic (exact) mass is 383 g/mol. The van der Waals surface area contributed by atoms with E-state index in [1.54, 1.807) is 0 Å². The lowest BCUT2D eigenvalue weighted by Gasteiger charge is -2.47. The Bertz CT molecular complexity index is 478. The Hall–Kier alpha value is -0.930. The second-order valence-electron chi connectivity index (χ2n) is 6.49. The van der Waals surface area contributed by atoms with Crippen molar-refractivity contribution in [2.45, 2.75) is 74.2 Å². The summed E-state index contributed by atoms with van der Waals surface area (Å²) in [5.74, 6) is -0.610. The minimum Gasteiger partial charge on any atom is -0.394 e. The van der Waals surface area contributed by atoms with E-state index in [4.69, 9.17) is 9.47 Å². The predicted octanol–water partition coefficient (Wildman–Crippen LogP) is -5.87. The highest BCUT2D eigenvalue weighted by Gasteiger charge is 2.52. The van der Waals surface area contributed by atoms with Crippen LogP contribution >= 0.6 is 0 Å². The van der Waals surface area contributed by atoms with Gasteiger partial charge in [-0.3, -0.25) is 4.79 Å². The van der Waals surface area contributed by atoms with Crippen molar-refractivity contribution in [3.05, 3.63) is 0 Å². The average Bonchev–Trinajstić information content (AvgIpc) is 2.60. The molecule has 2 aliphatic rings. The highest BCUT2D eigenvalue weighted by Crippen LogP contribution is 2.29. The van der Waals surface area contributed by atoms with E-state index < -0.39 is 79.8 Å². The van der Waals surface area contributed by atoms with Gasteiger partial charge in [-0.2, -0.15) is 0 Å². The first-order chi connectivity index (χ1) is 12.1. The van der Waals surface area contributed by atoms with E-state index in [9.17, 15) is 45.6 Å². The maximum absolute atomic E-state index is 11.4. The molecule has 11 atom stereocenters. The third-order valence-electron chi connectivity index (χ3n) is 4.61. The fourth-order valence-electron chi connectivity index (χ4n) is 3.10. The van der Waals surface area contributed by atoms with Crippen LogP contribution in [0, 0.1) is 0 Å². The normalized spacial score (nSPS) is 49.7. The van der Waals surface area contributed by atoms with E-state index in [0.717, 1.165) is 6.92 Å². The minimum atomic E-state index is -1.84. The first kappa shape index (κ1) is 21.4. The van der Waals surface area contributed by atoms with Crippen LogP contribution in [0.2, 0.25) is 0 Å². The lowest BCUT2D eigenvalue weighted by Crippen LogP contribution is -2.69. The summed E-state index contributed by atoms with van der Waals surface area (Å²) in [5.41, 5.74) is 0. The quantitative estimate of drug-likeness (QED) is 0.223. The first-order valence-electron chi connectivity index (χ1n) is 8.05. The second kappa shape index (κ2) is 8.39. The van der Waals surface area contributed by atoms with Gasteiger partial charge in [0.25, 0.3) is 0 Å². The Morgan fingerprint density at radius 1 is 0.885 bits per heavy atom. The third-order valence-corrected chi connectivity index (χ3v) is 4.61. The van der Waals surface area contributed by atoms with Crippen molar-refractivity contribution in [2.75, 3.05) is 6.61 Å². The summed E-state index contributed by atoms with van der Waals surface area (Å²) in [6.07, 6.45) is -16.9. The Labute approximate surface area is 148 Å². The fourth-order valence-corrected chi connectivity index (χ4v) is 3.10. The zero-order valence-electron chi connectivity index (χ0n) is 13.9. The zero-order chi connectivity index (χ0) is 19.8. The van der Waals surface area contributed by atoms with Crippen LogP contribution in [0.1, 0.15) is 6.92 Å². The number of amides is 1. The number of nitrogens with one attached hydrogen (secondary N) is 1. The van der Waals surface area contributed by atoms with E-state index in [1.165, 1.54) is 0 Å². The van der Waals surface area contributed by atoms with Crippen molar-refractivity contribution in [1.29, 1.82) is 0 Å². The standard InChI is InChI=1S/C14H25NO11/c1-3(17)15-5-7(19)6(18)4(2-16)25-14(5)26-13-11(23)9(21)8(20)10(22)12(13)24/h4-14,16,18-24H,2H2,1H3,(H,15,17)/t4-,5+,6+,7-,8-,9-,10+,11-,12-,13-,14+/m1/s1. The van der Waals surface area contributed by atoms with Gasteiger partial charge in [0, 0.05) is 6.92 Å². The molecule has 0 radical (unpaired) electrons. The minimum absolute atomic E-state index is 0.610. The molecule has 1 aliphatic heterocycles. The lowest BCUT2D eigenvalue weighted by atomic mass is 9.84. The largest absolute Gasteiger partial charge is 0.394 e. The van der Waals surface area contributed by atoms with Crippen LogP contribution in [0.4, 0.5) is 0 Å². The number of hydrogen-bond acceptors (Lipinski definition) is 11. The van der Waals surface area contributed by atoms with Crippen LogP contribution in [0.3, 0.4) is 0 Å². The summed E-state index contributed by atoms with van der Waals surface area (Å²) in [6, 6.07) is -1.34. The number of carbonyl (C=O) groups excluding carboxylic acids is 1. The van der Waals surface area contributed by atoms with Gasteiger partial charge in [0.05, 0.1) is 6.61 Å². The molecule has 1 saturated heterocycles. The molecule has 0 spiro atoms. The molecule has 1 heterocycles. The highest BCUT2D eigenvalue weighted by atomic mass is 16.7. The SMILES string of the molecule is CC(=O)N[C@@H]1[C@H](O[C@@H]2[C@H](O)[C@H](O)[C@@H](O)[C@H](O)[C@H]2O)O[C@H](CO)[C@H](O)[C@@H]1O. The number of hydrogen-bond donors (Lipinski definition) is 9. The number of ether oxygens (including phenoxy) is 2. The molecule has 26 heavy (non-hydrogen) atoms. The molecule has 12 nitrogen and oxygen atoms in total. The van der Waals surface area contributed by atoms with Crippen LogP contribution in [0.5, 0.6) is 0 Å². The molecule has 12 heteroatoms. The molecular formula is C14H25NO11. The summed E-state index contributed by atoms with van der Waals surface area (Å²) in [4.78, 5) is 11.4. The summed E-state index contributed by atoms with van der Waals surface area (Å²) in [6.45, 7) is 0.424. The van der Waals surface area contributed by atoms with Crippen molar-refractivity contribution < 1.29 is 55.1 Å². The fraction of sp³-hybridized carbons (Fsp3) is 0.929. The molecule has 0 unspecified atom stereocenters. The predicted molar refractivity (Wildman–Crippen MR) is 80.3 cm³/mol. The van der Waals surface area contributed by atoms with Gasteiger partial charge >= 0.3 is 0 Å². The average molecular weight is 383 g/mol. The number of aliphatic hydroxyl groups excluding tert-OH is 8. The summed E-state index contributed by atoms with van der Waals surface area (Å²) < 4.78 is 10.6. The zero-order valence-corrected chi connectivity index (χ0v) is 13.9. The number of carbonyl (C=O) groups is 1. The molecule has 2 fully saturated rings. The summed E-state index contributed by atoms with van der Waals surface area (Å²) in [7, 11) is 0. The molecule has 9 N–H and O–H groups in total. The Morgan fingerprint density at radius 3 is 1.85 bits per heavy atom. The Kier molecular flexibility index (Phi) is 6.90. The van der Waals surface area contributed by atoms with Gasteiger partial charge in [0.1, 0.15) is 61.0 Å². The van der Waals surface area contributed by atoms with Crippen LogP contribution in [0.25, 0.3) is 0 Å². The van der Waals surface area contributed by atoms with Gasteiger partial charge in [-0.1, -0.05) is 0 Å². The maximum atomic E-state index is 11.4. The topological polar surface area (TPSA) is 209 Å². The van der Waals surface area contributed by atoms with Gasteiger partial charge < -0.3 is 55.6 Å². The maximum Gasteiger partial charge on any atom is 0.217 e. The van der Waals surface area contributed by atoms with E-state index in [0.29, 0.717) is 0 Å². The molecule has 152 valence electrons. The summed E-state index contributed by atoms with van der Waals surface area (Å²) in [5, 5.41) is 80.7. The smallest absolute Gasteiger partial charge is 0.217 e. The van der Waals surface area contributed by atoms with Crippen molar-refractivity contribution in [3.63, 3.8) is 0 Å². The number of rotatable bonds is 4. The van der Waals surface area contributed by atoms with Gasteiger partial charge in [-0.15, -0.1) is 0 Å². The second-order valence-corrected chi connectivity index (χ2v) is 6.49. The van der Waals surface area contributed by atoms with E-state index in [-0.39, 0.29) is 0 Å². The highest BCUT2D eigenvalue weighted by molar-refractivity contribution is 5.73. The lowest BCUT2D eigenvalue weighted by molar-refractivity contribution is -0.319. The Morgan fingerprint density at radius 2 is 1.38 bits per heavy atom. The van der Waals surface area contributed by atoms with Crippen LogP contribution in [0.15, 0.2) is 0 Å². The molecule has 0 bridgehead atoms. The van der Waals surface area contributed by atoms with Gasteiger partial charge in [0.2, 0.25) is 5.91 Å². The van der Waals surface area contributed by atoms with Crippen molar-refractivity contribution in [2.24, 2.45) is 0 Å². The van der Waals surface area contributed by atoms with Gasteiger partial charge in [0.15, 0.2) is 6.29 Å². The van der Waals surface area contributed by atoms with Gasteiger partial charge in [-0.05, 0) is 0 Å². The van der Waals surface area contributed by atoms with Crippen molar-refractivity contribution in [1.82, 2.24) is 5.32 Å². The van der Waals surface area contributed by atoms with Gasteiger partial charge in [-0.25, -0.2) is 0 Å². The van der Waals surface area contributed by atoms with E-state index >= 15 is 0 Å². The Balaban J connectivity index is 2.23. The molecule has 0 aromatic rings. The summed E-state index contributed by atoms with van der Waals surface area (Å²) >= 11 is 0. The first-order valence-corrected chi connectivity index (χ1v) is 8.05. The van der Waals surface area contributed by atoms with Crippen molar-refractivity contribution in [3.8, 4) is 0 Å².